The first-order valence-electron chi connectivity index (χ1n) is 20.0. The summed E-state index contributed by atoms with van der Waals surface area (Å²) < 4.78 is 70.5. The van der Waals surface area contributed by atoms with Gasteiger partial charge in [0.15, 0.2) is 0 Å². The topological polar surface area (TPSA) is 185 Å². The predicted octanol–water partition coefficient (Wildman–Crippen LogP) is 5.65. The number of hydrogen-bond donors (Lipinski definition) is 3. The highest BCUT2D eigenvalue weighted by Crippen LogP contribution is 2.48. The summed E-state index contributed by atoms with van der Waals surface area (Å²) in [5, 5.41) is 14.8. The van der Waals surface area contributed by atoms with Crippen LogP contribution in [0, 0.1) is 17.8 Å². The third-order valence-electron chi connectivity index (χ3n) is 12.6. The zero-order valence-electron chi connectivity index (χ0n) is 34.1. The number of benzene rings is 1. The van der Waals surface area contributed by atoms with E-state index in [4.69, 9.17) is 9.47 Å². The maximum absolute atomic E-state index is 15.4. The van der Waals surface area contributed by atoms with Crippen LogP contribution in [0.1, 0.15) is 93.4 Å². The highest BCUT2D eigenvalue weighted by atomic mass is 32.2. The van der Waals surface area contributed by atoms with Gasteiger partial charge in [0.05, 0.1) is 17.9 Å². The molecule has 3 heterocycles. The Balaban J connectivity index is 1.43. The lowest BCUT2D eigenvalue weighted by Gasteiger charge is -2.47. The number of halogens is 2. The molecule has 2 aliphatic heterocycles. The van der Waals surface area contributed by atoms with Gasteiger partial charge in [-0.25, -0.2) is 22.0 Å². The molecular weight excluding hydrogens is 777 g/mol. The number of carbonyl (C=O) groups is 4. The van der Waals surface area contributed by atoms with Crippen molar-refractivity contribution in [3.63, 3.8) is 0 Å². The van der Waals surface area contributed by atoms with Crippen LogP contribution < -0.4 is 19.5 Å². The Morgan fingerprint density at radius 1 is 1.14 bits per heavy atom. The van der Waals surface area contributed by atoms with E-state index in [9.17, 15) is 27.9 Å². The normalized spacial score (nSPS) is 29.5. The van der Waals surface area contributed by atoms with Crippen LogP contribution in [0.2, 0.25) is 0 Å². The number of nitrogens with one attached hydrogen (secondary N) is 2. The Morgan fingerprint density at radius 2 is 1.83 bits per heavy atom. The Bertz CT molecular complexity index is 2090. The van der Waals surface area contributed by atoms with Gasteiger partial charge in [-0.15, -0.1) is 0 Å². The van der Waals surface area contributed by atoms with E-state index in [1.54, 1.807) is 45.0 Å². The molecule has 3 fully saturated rings. The second kappa shape index (κ2) is 15.6. The van der Waals surface area contributed by atoms with Gasteiger partial charge in [-0.05, 0) is 89.5 Å². The molecular formula is C41H55F2N5O9S. The molecule has 0 bridgehead atoms. The summed E-state index contributed by atoms with van der Waals surface area (Å²) in [7, 11) is -4.09. The minimum absolute atomic E-state index is 0.0931. The summed E-state index contributed by atoms with van der Waals surface area (Å²) in [6.07, 6.45) is 3.07. The van der Waals surface area contributed by atoms with Crippen molar-refractivity contribution in [2.75, 3.05) is 13.2 Å². The van der Waals surface area contributed by atoms with Gasteiger partial charge in [-0.3, -0.25) is 24.0 Å². The van der Waals surface area contributed by atoms with E-state index in [2.05, 4.69) is 15.0 Å². The second-order valence-corrected chi connectivity index (χ2v) is 19.6. The van der Waals surface area contributed by atoms with Gasteiger partial charge in [0.1, 0.15) is 29.3 Å². The monoisotopic (exact) mass is 831 g/mol. The molecule has 2 aliphatic carbocycles. The highest BCUT2D eigenvalue weighted by molar-refractivity contribution is 7.91. The molecule has 3 N–H and O–H groups in total. The van der Waals surface area contributed by atoms with Crippen molar-refractivity contribution in [3.05, 3.63) is 42.5 Å². The lowest BCUT2D eigenvalue weighted by Crippen LogP contribution is -2.66. The first kappa shape index (κ1) is 43.0. The van der Waals surface area contributed by atoms with E-state index in [1.165, 1.54) is 0 Å². The number of carbonyl (C=O) groups excluding carboxylic acids is 3. The van der Waals surface area contributed by atoms with E-state index in [0.29, 0.717) is 49.5 Å². The van der Waals surface area contributed by atoms with Crippen molar-refractivity contribution in [1.82, 2.24) is 24.8 Å². The third kappa shape index (κ3) is 8.19. The number of hydrogen-bond acceptors (Lipinski definition) is 9. The van der Waals surface area contributed by atoms with Crippen molar-refractivity contribution < 1.29 is 51.0 Å². The summed E-state index contributed by atoms with van der Waals surface area (Å²) >= 11 is 0. The summed E-state index contributed by atoms with van der Waals surface area (Å²) in [4.78, 5) is 63.1. The average Bonchev–Trinajstić information content (AvgIpc) is 4.01. The molecule has 1 saturated heterocycles. The van der Waals surface area contributed by atoms with Crippen LogP contribution in [0.3, 0.4) is 0 Å². The van der Waals surface area contributed by atoms with Gasteiger partial charge in [0.25, 0.3) is 11.8 Å². The smallest absolute Gasteiger partial charge is 0.408 e. The van der Waals surface area contributed by atoms with Gasteiger partial charge in [0, 0.05) is 30.7 Å². The zero-order valence-corrected chi connectivity index (χ0v) is 34.9. The number of pyridine rings is 1. The van der Waals surface area contributed by atoms with Crippen LogP contribution >= 0.6 is 0 Å². The Kier molecular flexibility index (Phi) is 11.6. The Morgan fingerprint density at radius 3 is 2.47 bits per heavy atom. The molecule has 0 radical (unpaired) electrons. The Labute approximate surface area is 338 Å². The molecule has 4 amide bonds. The molecule has 0 unspecified atom stereocenters. The first-order chi connectivity index (χ1) is 27.0. The van der Waals surface area contributed by atoms with Gasteiger partial charge >= 0.3 is 6.09 Å². The number of alkyl halides is 2. The number of nitrogens with zero attached hydrogens (tertiary/aromatic N) is 3. The summed E-state index contributed by atoms with van der Waals surface area (Å²) in [5.74, 6) is -7.20. The summed E-state index contributed by atoms with van der Waals surface area (Å²) in [6.45, 7) is 9.70. The van der Waals surface area contributed by atoms with E-state index in [0.717, 1.165) is 24.1 Å². The molecule has 0 spiro atoms. The fourth-order valence-corrected chi connectivity index (χ4v) is 9.58. The number of sulfonamides is 1. The fourth-order valence-electron chi connectivity index (χ4n) is 8.27. The van der Waals surface area contributed by atoms with Crippen molar-refractivity contribution in [1.29, 1.82) is 0 Å². The van der Waals surface area contributed by atoms with Gasteiger partial charge < -0.3 is 24.8 Å². The lowest BCUT2D eigenvalue weighted by atomic mass is 9.84. The van der Waals surface area contributed by atoms with Crippen LogP contribution in [0.5, 0.6) is 11.8 Å². The standard InChI is InChI=1S/C41H55F2N5O9S/c1-8-56-31-20-26-14-10-12-16-29(26)34(44-31)57-28-21-30-33(49)45-41(36(51)46-58(54,55)39(6)17-18-39)22-27(41)15-11-9-13-24(2)19-25(3)32(35(50)47(30)23-28)48(37(52)53)38(4,5)40(7,42)43/h10-12,14-16,20,24-25,27-28,30,32H,8-9,13,17-19,21-23H2,1-7H3,(H,45,49)(H,46,51)(H,52,53)/b15-11-/t24-,25-,27-,28-,30+,32+,41-/m1/s1. The molecule has 2 saturated carbocycles. The second-order valence-electron chi connectivity index (χ2n) is 17.4. The van der Waals surface area contributed by atoms with Crippen LogP contribution in [0.4, 0.5) is 13.6 Å². The van der Waals surface area contributed by atoms with E-state index >= 15 is 13.6 Å². The fraction of sp³-hybridized carbons (Fsp3) is 0.634. The molecule has 318 valence electrons. The molecule has 14 nitrogen and oxygen atoms in total. The SMILES string of the molecule is CCOc1cc2ccccc2c(O[C@@H]2C[C@H]3C(=O)N[C@]4(C(=O)NS(=O)(=O)C5(C)CC5)C[C@H]4/C=C\CC[C@@H](C)C[C@@H](C)[C@H](N(C(=O)O)C(C)(C)C(C)(F)F)C(=O)N3C2)n1. The van der Waals surface area contributed by atoms with Crippen molar-refractivity contribution in [2.45, 2.75) is 133 Å². The number of amides is 4. The van der Waals surface area contributed by atoms with Crippen LogP contribution in [-0.2, 0) is 24.4 Å². The summed E-state index contributed by atoms with van der Waals surface area (Å²) in [5.41, 5.74) is -4.04. The van der Waals surface area contributed by atoms with Crippen molar-refractivity contribution in [2.24, 2.45) is 17.8 Å². The number of allylic oxidation sites excluding steroid dienone is 1. The molecule has 4 aliphatic rings. The van der Waals surface area contributed by atoms with Gasteiger partial charge in [-0.2, -0.15) is 4.98 Å². The number of ether oxygens (including phenoxy) is 2. The first-order valence-corrected chi connectivity index (χ1v) is 21.5. The Hall–Kier alpha value is -4.54. The average molecular weight is 832 g/mol. The number of rotatable bonds is 10. The maximum atomic E-state index is 15.4. The minimum Gasteiger partial charge on any atom is -0.478 e. The number of fused-ring (bicyclic) bond motifs is 3. The van der Waals surface area contributed by atoms with Crippen molar-refractivity contribution in [3.8, 4) is 11.8 Å². The quantitative estimate of drug-likeness (QED) is 0.253. The largest absolute Gasteiger partial charge is 0.478 e. The third-order valence-corrected chi connectivity index (χ3v) is 14.8. The van der Waals surface area contributed by atoms with E-state index in [1.807, 2.05) is 25.1 Å². The van der Waals surface area contributed by atoms with E-state index in [-0.39, 0.29) is 43.5 Å². The maximum Gasteiger partial charge on any atom is 0.408 e. The van der Waals surface area contributed by atoms with Crippen LogP contribution in [-0.4, -0.2) is 105 Å². The number of aromatic nitrogens is 1. The van der Waals surface area contributed by atoms with Crippen molar-refractivity contribution >= 4 is 44.6 Å². The molecule has 1 aromatic heterocycles. The summed E-state index contributed by atoms with van der Waals surface area (Å²) in [6, 6.07) is 5.95. The molecule has 58 heavy (non-hydrogen) atoms. The van der Waals surface area contributed by atoms with Crippen LogP contribution in [0.25, 0.3) is 10.8 Å². The molecule has 6 rings (SSSR count). The molecule has 1 aromatic carbocycles. The lowest BCUT2D eigenvalue weighted by molar-refractivity contribution is -0.156. The van der Waals surface area contributed by atoms with E-state index < -0.39 is 85.6 Å². The zero-order chi connectivity index (χ0) is 42.6. The van der Waals surface area contributed by atoms with Crippen LogP contribution in [0.15, 0.2) is 42.5 Å². The molecule has 7 atom stereocenters. The van der Waals surface area contributed by atoms with Gasteiger partial charge in [-0.1, -0.05) is 44.2 Å². The molecule has 2 aromatic rings. The highest BCUT2D eigenvalue weighted by Gasteiger charge is 2.63. The molecule has 17 heteroatoms. The number of carboxylic acid groups (broad SMARTS) is 1. The predicted molar refractivity (Wildman–Crippen MR) is 211 cm³/mol. The minimum atomic E-state index is -4.09. The van der Waals surface area contributed by atoms with Gasteiger partial charge in [0.2, 0.25) is 33.6 Å².